The highest BCUT2D eigenvalue weighted by atomic mass is 32.2. The molecule has 1 aliphatic rings. The minimum atomic E-state index is -3.73. The summed E-state index contributed by atoms with van der Waals surface area (Å²) in [6.07, 6.45) is 0.430. The van der Waals surface area contributed by atoms with Gasteiger partial charge in [-0.25, -0.2) is 16.8 Å². The van der Waals surface area contributed by atoms with Crippen molar-refractivity contribution in [3.05, 3.63) is 40.7 Å². The Morgan fingerprint density at radius 1 is 0.893 bits per heavy atom. The molecule has 1 aliphatic heterocycles. The number of benzene rings is 1. The fourth-order valence-electron chi connectivity index (χ4n) is 3.63. The SMILES string of the molecule is Cc1ccc(S(=O)(=O)N2CCCN(S(=O)(=O)c3c(C)n[nH]c3C)CC2)c(C)c1. The summed E-state index contributed by atoms with van der Waals surface area (Å²) in [5, 5.41) is 6.68. The average molecular weight is 427 g/mol. The van der Waals surface area contributed by atoms with E-state index in [4.69, 9.17) is 0 Å². The van der Waals surface area contributed by atoms with Crippen LogP contribution in [0.25, 0.3) is 0 Å². The van der Waals surface area contributed by atoms with Crippen LogP contribution >= 0.6 is 0 Å². The molecule has 154 valence electrons. The van der Waals surface area contributed by atoms with Crippen molar-refractivity contribution < 1.29 is 16.8 Å². The van der Waals surface area contributed by atoms with Crippen LogP contribution in [0, 0.1) is 27.7 Å². The van der Waals surface area contributed by atoms with Gasteiger partial charge in [0.25, 0.3) is 0 Å². The van der Waals surface area contributed by atoms with E-state index in [2.05, 4.69) is 10.2 Å². The smallest absolute Gasteiger partial charge is 0.246 e. The zero-order valence-corrected chi connectivity index (χ0v) is 18.2. The molecule has 1 N–H and O–H groups in total. The maximum absolute atomic E-state index is 13.1. The molecule has 28 heavy (non-hydrogen) atoms. The fraction of sp³-hybridized carbons (Fsp3) is 0.500. The van der Waals surface area contributed by atoms with Crippen LogP contribution < -0.4 is 0 Å². The first-order valence-electron chi connectivity index (χ1n) is 9.14. The van der Waals surface area contributed by atoms with Crippen LogP contribution in [-0.2, 0) is 20.0 Å². The lowest BCUT2D eigenvalue weighted by molar-refractivity contribution is 0.404. The number of nitrogens with one attached hydrogen (secondary N) is 1. The van der Waals surface area contributed by atoms with E-state index in [1.807, 2.05) is 13.0 Å². The molecule has 0 atom stereocenters. The number of rotatable bonds is 4. The van der Waals surface area contributed by atoms with Gasteiger partial charge < -0.3 is 0 Å². The summed E-state index contributed by atoms with van der Waals surface area (Å²) >= 11 is 0. The van der Waals surface area contributed by atoms with Gasteiger partial charge in [-0.05, 0) is 45.7 Å². The Balaban J connectivity index is 1.85. The highest BCUT2D eigenvalue weighted by molar-refractivity contribution is 7.89. The first-order valence-corrected chi connectivity index (χ1v) is 12.0. The Morgan fingerprint density at radius 3 is 2.04 bits per heavy atom. The molecular weight excluding hydrogens is 400 g/mol. The van der Waals surface area contributed by atoms with Crippen LogP contribution in [0.3, 0.4) is 0 Å². The van der Waals surface area contributed by atoms with E-state index >= 15 is 0 Å². The summed E-state index contributed by atoms with van der Waals surface area (Å²) in [4.78, 5) is 0.453. The molecule has 0 aliphatic carbocycles. The van der Waals surface area contributed by atoms with E-state index in [0.29, 0.717) is 23.4 Å². The number of aromatic nitrogens is 2. The average Bonchev–Trinajstić information content (AvgIpc) is 2.81. The van der Waals surface area contributed by atoms with E-state index in [1.165, 1.54) is 8.61 Å². The highest BCUT2D eigenvalue weighted by Gasteiger charge is 2.34. The van der Waals surface area contributed by atoms with Gasteiger partial charge >= 0.3 is 0 Å². The van der Waals surface area contributed by atoms with Crippen LogP contribution in [0.15, 0.2) is 28.0 Å². The third-order valence-electron chi connectivity index (χ3n) is 5.02. The molecule has 1 aromatic heterocycles. The van der Waals surface area contributed by atoms with Crippen LogP contribution in [0.5, 0.6) is 0 Å². The second-order valence-electron chi connectivity index (χ2n) is 7.19. The lowest BCUT2D eigenvalue weighted by atomic mass is 10.2. The summed E-state index contributed by atoms with van der Waals surface area (Å²) < 4.78 is 55.1. The first-order chi connectivity index (χ1) is 13.0. The summed E-state index contributed by atoms with van der Waals surface area (Å²) in [6, 6.07) is 5.24. The van der Waals surface area contributed by atoms with Gasteiger partial charge in [-0.15, -0.1) is 0 Å². The molecular formula is C18H26N4O4S2. The number of aryl methyl sites for hydroxylation is 4. The molecule has 8 nitrogen and oxygen atoms in total. The van der Waals surface area contributed by atoms with Crippen molar-refractivity contribution in [3.8, 4) is 0 Å². The number of aromatic amines is 1. The second kappa shape index (κ2) is 7.58. The normalized spacial score (nSPS) is 17.6. The van der Waals surface area contributed by atoms with Gasteiger partial charge in [0, 0.05) is 26.2 Å². The minimum absolute atomic E-state index is 0.108. The van der Waals surface area contributed by atoms with E-state index < -0.39 is 20.0 Å². The van der Waals surface area contributed by atoms with Crippen LogP contribution in [0.2, 0.25) is 0 Å². The molecule has 1 saturated heterocycles. The quantitative estimate of drug-likeness (QED) is 0.802. The number of sulfonamides is 2. The molecule has 1 aromatic carbocycles. The molecule has 3 rings (SSSR count). The number of hydrogen-bond acceptors (Lipinski definition) is 5. The molecule has 0 bridgehead atoms. The molecule has 10 heteroatoms. The molecule has 0 amide bonds. The lowest BCUT2D eigenvalue weighted by Gasteiger charge is -2.22. The van der Waals surface area contributed by atoms with Crippen molar-refractivity contribution in [1.29, 1.82) is 0 Å². The maximum Gasteiger partial charge on any atom is 0.246 e. The van der Waals surface area contributed by atoms with E-state index in [1.54, 1.807) is 32.9 Å². The minimum Gasteiger partial charge on any atom is -0.281 e. The van der Waals surface area contributed by atoms with Gasteiger partial charge in [0.05, 0.1) is 16.3 Å². The van der Waals surface area contributed by atoms with Crippen molar-refractivity contribution in [3.63, 3.8) is 0 Å². The predicted molar refractivity (Wildman–Crippen MR) is 106 cm³/mol. The Labute approximate surface area is 166 Å². The van der Waals surface area contributed by atoms with E-state index in [-0.39, 0.29) is 36.0 Å². The van der Waals surface area contributed by atoms with Crippen molar-refractivity contribution in [2.24, 2.45) is 0 Å². The van der Waals surface area contributed by atoms with Gasteiger partial charge in [0.1, 0.15) is 4.90 Å². The van der Waals surface area contributed by atoms with Gasteiger partial charge in [0.2, 0.25) is 20.0 Å². The van der Waals surface area contributed by atoms with Crippen molar-refractivity contribution in [2.45, 2.75) is 43.9 Å². The largest absolute Gasteiger partial charge is 0.281 e. The summed E-state index contributed by atoms with van der Waals surface area (Å²) in [5.41, 5.74) is 2.59. The topological polar surface area (TPSA) is 103 Å². The molecule has 2 heterocycles. The highest BCUT2D eigenvalue weighted by Crippen LogP contribution is 2.25. The molecule has 0 spiro atoms. The van der Waals surface area contributed by atoms with Crippen molar-refractivity contribution in [2.75, 3.05) is 26.2 Å². The van der Waals surface area contributed by atoms with Crippen molar-refractivity contribution in [1.82, 2.24) is 18.8 Å². The van der Waals surface area contributed by atoms with Crippen LogP contribution in [0.4, 0.5) is 0 Å². The first kappa shape index (κ1) is 21.0. The molecule has 2 aromatic rings. The zero-order chi connectivity index (χ0) is 20.7. The zero-order valence-electron chi connectivity index (χ0n) is 16.6. The third kappa shape index (κ3) is 3.73. The number of nitrogens with zero attached hydrogens (tertiary/aromatic N) is 3. The Morgan fingerprint density at radius 2 is 1.50 bits per heavy atom. The molecule has 0 unspecified atom stereocenters. The van der Waals surface area contributed by atoms with Gasteiger partial charge in [0.15, 0.2) is 0 Å². The standard InChI is InChI=1S/C18H26N4O4S2/c1-13-6-7-17(14(2)12-13)27(23,24)21-8-5-9-22(11-10-21)28(25,26)18-15(3)19-20-16(18)4/h6-7,12H,5,8-11H2,1-4H3,(H,19,20). The lowest BCUT2D eigenvalue weighted by Crippen LogP contribution is -2.37. The van der Waals surface area contributed by atoms with E-state index in [9.17, 15) is 16.8 Å². The van der Waals surface area contributed by atoms with Crippen molar-refractivity contribution >= 4 is 20.0 Å². The maximum atomic E-state index is 13.1. The number of H-pyrrole nitrogens is 1. The predicted octanol–water partition coefficient (Wildman–Crippen LogP) is 1.73. The van der Waals surface area contributed by atoms with E-state index in [0.717, 1.165) is 5.56 Å². The van der Waals surface area contributed by atoms with Gasteiger partial charge in [-0.1, -0.05) is 17.7 Å². The van der Waals surface area contributed by atoms with Crippen LogP contribution in [-0.4, -0.2) is 61.8 Å². The Bertz CT molecular complexity index is 1070. The Hall–Kier alpha value is -1.75. The third-order valence-corrected chi connectivity index (χ3v) is 9.24. The molecule has 0 radical (unpaired) electrons. The monoisotopic (exact) mass is 426 g/mol. The summed E-state index contributed by atoms with van der Waals surface area (Å²) in [7, 11) is -7.41. The Kier molecular flexibility index (Phi) is 5.68. The van der Waals surface area contributed by atoms with Crippen LogP contribution in [0.1, 0.15) is 28.9 Å². The fourth-order valence-corrected chi connectivity index (χ4v) is 7.11. The second-order valence-corrected chi connectivity index (χ2v) is 11.0. The van der Waals surface area contributed by atoms with Gasteiger partial charge in [-0.2, -0.15) is 13.7 Å². The summed E-state index contributed by atoms with van der Waals surface area (Å²) in [6.45, 7) is 7.78. The molecule has 1 fully saturated rings. The molecule has 0 saturated carbocycles. The number of hydrogen-bond donors (Lipinski definition) is 1. The summed E-state index contributed by atoms with van der Waals surface area (Å²) in [5.74, 6) is 0. The van der Waals surface area contributed by atoms with Gasteiger partial charge in [-0.3, -0.25) is 5.10 Å².